The van der Waals surface area contributed by atoms with Crippen LogP contribution in [0.15, 0.2) is 0 Å². The molecule has 0 aromatic carbocycles. The topological polar surface area (TPSA) is 110 Å². The van der Waals surface area contributed by atoms with Gasteiger partial charge in [-0.1, -0.05) is 0 Å². The van der Waals surface area contributed by atoms with Crippen molar-refractivity contribution in [2.45, 2.75) is 25.8 Å². The summed E-state index contributed by atoms with van der Waals surface area (Å²) in [6, 6.07) is 0.00431. The number of carbonyl (C=O) groups is 1. The number of piperazine rings is 1. The zero-order valence-corrected chi connectivity index (χ0v) is 12.0. The summed E-state index contributed by atoms with van der Waals surface area (Å²) in [5, 5.41) is 5.01. The van der Waals surface area contributed by atoms with Crippen LogP contribution < -0.4 is 10.9 Å². The van der Waals surface area contributed by atoms with Crippen molar-refractivity contribution in [2.75, 3.05) is 26.2 Å². The molecule has 0 aromatic heterocycles. The molecule has 0 radical (unpaired) electrons. The van der Waals surface area contributed by atoms with E-state index in [2.05, 4.69) is 0 Å². The Kier molecular flexibility index (Phi) is 7.08. The largest absolute Gasteiger partial charge is 0.340 e. The van der Waals surface area contributed by atoms with E-state index in [4.69, 9.17) is 10.9 Å². The number of carbonyl (C=O) groups excluding carboxylic acids is 1. The van der Waals surface area contributed by atoms with Gasteiger partial charge in [0, 0.05) is 38.6 Å². The Morgan fingerprint density at radius 2 is 1.78 bits per heavy atom. The molecule has 0 saturated carbocycles. The fourth-order valence-corrected chi connectivity index (χ4v) is 2.37. The minimum atomic E-state index is -3.63. The fourth-order valence-electron chi connectivity index (χ4n) is 1.70. The van der Waals surface area contributed by atoms with Crippen LogP contribution in [0.2, 0.25) is 0 Å². The van der Waals surface area contributed by atoms with Gasteiger partial charge in [0.1, 0.15) is 0 Å². The number of halogens is 1. The second kappa shape index (κ2) is 7.25. The Morgan fingerprint density at radius 3 is 2.17 bits per heavy atom. The zero-order chi connectivity index (χ0) is 13.1. The molecule has 1 aliphatic rings. The second-order valence-electron chi connectivity index (χ2n) is 4.34. The first-order chi connectivity index (χ1) is 7.80. The van der Waals surface area contributed by atoms with Crippen molar-refractivity contribution in [3.63, 3.8) is 0 Å². The lowest BCUT2D eigenvalue weighted by molar-refractivity contribution is -0.132. The van der Waals surface area contributed by atoms with Crippen molar-refractivity contribution in [2.24, 2.45) is 10.9 Å². The minimum Gasteiger partial charge on any atom is -0.340 e. The van der Waals surface area contributed by atoms with E-state index in [-0.39, 0.29) is 37.4 Å². The van der Waals surface area contributed by atoms with Gasteiger partial charge in [0.2, 0.25) is 5.91 Å². The molecule has 0 aromatic rings. The Morgan fingerprint density at radius 1 is 1.28 bits per heavy atom. The van der Waals surface area contributed by atoms with E-state index < -0.39 is 10.2 Å². The summed E-state index contributed by atoms with van der Waals surface area (Å²) in [7, 11) is -3.63. The minimum absolute atomic E-state index is 0. The lowest BCUT2D eigenvalue weighted by Crippen LogP contribution is -2.52. The molecule has 108 valence electrons. The lowest BCUT2D eigenvalue weighted by Gasteiger charge is -2.33. The molecule has 1 saturated heterocycles. The number of hydrogen-bond donors (Lipinski definition) is 2. The summed E-state index contributed by atoms with van der Waals surface area (Å²) in [6.45, 7) is 3.18. The molecule has 7 nitrogen and oxygen atoms in total. The highest BCUT2D eigenvalue weighted by atomic mass is 35.5. The Hall–Kier alpha value is -0.410. The highest BCUT2D eigenvalue weighted by molar-refractivity contribution is 7.86. The summed E-state index contributed by atoms with van der Waals surface area (Å²) < 4.78 is 23.3. The Labute approximate surface area is 114 Å². The quantitative estimate of drug-likeness (QED) is 0.685. The molecule has 9 heteroatoms. The van der Waals surface area contributed by atoms with E-state index in [1.54, 1.807) is 4.90 Å². The molecule has 4 N–H and O–H groups in total. The third-order valence-corrected chi connectivity index (χ3v) is 3.85. The standard InChI is InChI=1S/C9H20N4O3S.ClH/c1-8(10)2-3-9(14)12-4-6-13(7-5-12)17(11,15)16;/h8H,2-7,10H2,1H3,(H2,11,15,16);1H. The molecule has 1 heterocycles. The average Bonchev–Trinajstić information content (AvgIpc) is 2.25. The maximum absolute atomic E-state index is 11.7. The third-order valence-electron chi connectivity index (χ3n) is 2.76. The summed E-state index contributed by atoms with van der Waals surface area (Å²) in [5.41, 5.74) is 5.57. The monoisotopic (exact) mass is 300 g/mol. The van der Waals surface area contributed by atoms with Gasteiger partial charge in [0.25, 0.3) is 10.2 Å². The van der Waals surface area contributed by atoms with E-state index in [0.29, 0.717) is 25.9 Å². The van der Waals surface area contributed by atoms with Crippen molar-refractivity contribution in [1.82, 2.24) is 9.21 Å². The SMILES string of the molecule is CC(N)CCC(=O)N1CCN(S(N)(=O)=O)CC1.Cl. The van der Waals surface area contributed by atoms with Crippen LogP contribution in [0, 0.1) is 0 Å². The fraction of sp³-hybridized carbons (Fsp3) is 0.889. The van der Waals surface area contributed by atoms with Crippen LogP contribution in [0.5, 0.6) is 0 Å². The molecule has 1 fully saturated rings. The van der Waals surface area contributed by atoms with Crippen molar-refractivity contribution in [1.29, 1.82) is 0 Å². The van der Waals surface area contributed by atoms with Gasteiger partial charge in [0.15, 0.2) is 0 Å². The predicted octanol–water partition coefficient (Wildman–Crippen LogP) is -1.12. The van der Waals surface area contributed by atoms with Gasteiger partial charge in [-0.2, -0.15) is 12.7 Å². The normalized spacial score (nSPS) is 19.2. The van der Waals surface area contributed by atoms with Crippen molar-refractivity contribution < 1.29 is 13.2 Å². The summed E-state index contributed by atoms with van der Waals surface area (Å²) in [6.07, 6.45) is 1.06. The van der Waals surface area contributed by atoms with E-state index in [1.807, 2.05) is 6.92 Å². The van der Waals surface area contributed by atoms with Crippen LogP contribution >= 0.6 is 12.4 Å². The summed E-state index contributed by atoms with van der Waals surface area (Å²) >= 11 is 0. The predicted molar refractivity (Wildman–Crippen MR) is 71.4 cm³/mol. The zero-order valence-electron chi connectivity index (χ0n) is 10.4. The summed E-state index contributed by atoms with van der Waals surface area (Å²) in [5.74, 6) is 0.0244. The number of amides is 1. The average molecular weight is 301 g/mol. The second-order valence-corrected chi connectivity index (χ2v) is 5.89. The number of hydrogen-bond acceptors (Lipinski definition) is 4. The van der Waals surface area contributed by atoms with Crippen LogP contribution in [0.3, 0.4) is 0 Å². The molecule has 1 unspecified atom stereocenters. The highest BCUT2D eigenvalue weighted by Gasteiger charge is 2.26. The van der Waals surface area contributed by atoms with Crippen LogP contribution in [0.4, 0.5) is 0 Å². The van der Waals surface area contributed by atoms with Gasteiger partial charge >= 0.3 is 0 Å². The first kappa shape index (κ1) is 17.6. The van der Waals surface area contributed by atoms with Gasteiger partial charge in [-0.05, 0) is 13.3 Å². The molecular formula is C9H21ClN4O3S. The number of nitrogens with zero attached hydrogens (tertiary/aromatic N) is 2. The Balaban J connectivity index is 0.00000289. The first-order valence-electron chi connectivity index (χ1n) is 5.62. The summed E-state index contributed by atoms with van der Waals surface area (Å²) in [4.78, 5) is 13.4. The van der Waals surface area contributed by atoms with Gasteiger partial charge in [-0.15, -0.1) is 12.4 Å². The van der Waals surface area contributed by atoms with Gasteiger partial charge in [-0.25, -0.2) is 5.14 Å². The Bertz CT molecular complexity index is 366. The van der Waals surface area contributed by atoms with E-state index in [0.717, 1.165) is 0 Å². The molecule has 18 heavy (non-hydrogen) atoms. The van der Waals surface area contributed by atoms with Crippen LogP contribution in [0.25, 0.3) is 0 Å². The van der Waals surface area contributed by atoms with Crippen molar-refractivity contribution >= 4 is 28.5 Å². The molecule has 1 amide bonds. The van der Waals surface area contributed by atoms with Crippen molar-refractivity contribution in [3.05, 3.63) is 0 Å². The molecule has 1 atom stereocenters. The van der Waals surface area contributed by atoms with Gasteiger partial charge in [0.05, 0.1) is 0 Å². The molecular weight excluding hydrogens is 280 g/mol. The van der Waals surface area contributed by atoms with E-state index in [1.165, 1.54) is 4.31 Å². The van der Waals surface area contributed by atoms with Crippen molar-refractivity contribution in [3.8, 4) is 0 Å². The lowest BCUT2D eigenvalue weighted by atomic mass is 10.2. The van der Waals surface area contributed by atoms with Crippen LogP contribution in [-0.4, -0.2) is 55.8 Å². The van der Waals surface area contributed by atoms with Crippen LogP contribution in [0.1, 0.15) is 19.8 Å². The smallest absolute Gasteiger partial charge is 0.277 e. The van der Waals surface area contributed by atoms with Gasteiger partial charge < -0.3 is 10.6 Å². The van der Waals surface area contributed by atoms with Crippen LogP contribution in [-0.2, 0) is 15.0 Å². The highest BCUT2D eigenvalue weighted by Crippen LogP contribution is 2.07. The van der Waals surface area contributed by atoms with E-state index >= 15 is 0 Å². The van der Waals surface area contributed by atoms with E-state index in [9.17, 15) is 13.2 Å². The maximum atomic E-state index is 11.7. The first-order valence-corrected chi connectivity index (χ1v) is 7.12. The molecule has 1 aliphatic heterocycles. The maximum Gasteiger partial charge on any atom is 0.277 e. The van der Waals surface area contributed by atoms with Gasteiger partial charge in [-0.3, -0.25) is 4.79 Å². The molecule has 1 rings (SSSR count). The molecule has 0 bridgehead atoms. The number of nitrogens with two attached hydrogens (primary N) is 2. The third kappa shape index (κ3) is 5.49. The molecule has 0 spiro atoms. The molecule has 0 aliphatic carbocycles. The number of rotatable bonds is 4.